The van der Waals surface area contributed by atoms with Gasteiger partial charge in [-0.15, -0.1) is 0 Å². The van der Waals surface area contributed by atoms with E-state index < -0.39 is 40.2 Å². The van der Waals surface area contributed by atoms with Gasteiger partial charge in [-0.2, -0.15) is 4.72 Å². The predicted octanol–water partition coefficient (Wildman–Crippen LogP) is 6.46. The number of hydrogen-bond donors (Lipinski definition) is 2. The van der Waals surface area contributed by atoms with Crippen molar-refractivity contribution < 1.29 is 13.2 Å². The first-order chi connectivity index (χ1) is 14.7. The van der Waals surface area contributed by atoms with Gasteiger partial charge in [0.2, 0.25) is 24.5 Å². The Morgan fingerprint density at radius 2 is 1.44 bits per heavy atom. The van der Waals surface area contributed by atoms with Gasteiger partial charge in [0, 0.05) is 10.2 Å². The first-order valence-electron chi connectivity index (χ1n) is 8.66. The summed E-state index contributed by atoms with van der Waals surface area (Å²) in [5.41, 5.74) is -1.20. The lowest BCUT2D eigenvalue weighted by Gasteiger charge is -2.50. The number of rotatable bonds is 5. The van der Waals surface area contributed by atoms with Crippen LogP contribution in [0.5, 0.6) is 0 Å². The van der Waals surface area contributed by atoms with Crippen LogP contribution in [0, 0.1) is 6.92 Å². The average molecular weight is 642 g/mol. The zero-order valence-corrected chi connectivity index (χ0v) is 22.8. The molecule has 0 spiro atoms. The lowest BCUT2D eigenvalue weighted by Crippen LogP contribution is -2.73. The first-order valence-corrected chi connectivity index (χ1v) is 13.2. The van der Waals surface area contributed by atoms with Crippen LogP contribution in [0.1, 0.15) is 5.56 Å². The summed E-state index contributed by atoms with van der Waals surface area (Å²) in [4.78, 5) is 12.5. The van der Waals surface area contributed by atoms with Crippen molar-refractivity contribution in [3.05, 3.63) is 68.6 Å². The number of sulfonamides is 1. The van der Waals surface area contributed by atoms with Gasteiger partial charge in [-0.25, -0.2) is 8.42 Å². The molecule has 2 aromatic rings. The third-order valence-corrected chi connectivity index (χ3v) is 10.0. The van der Waals surface area contributed by atoms with E-state index in [1.807, 2.05) is 0 Å². The summed E-state index contributed by atoms with van der Waals surface area (Å²) in [6.07, 6.45) is 0. The molecule has 0 saturated carbocycles. The highest BCUT2D eigenvalue weighted by molar-refractivity contribution is 9.10. The van der Waals surface area contributed by atoms with Crippen LogP contribution in [0.3, 0.4) is 0 Å². The monoisotopic (exact) mass is 638 g/mol. The Balaban J connectivity index is 2.27. The van der Waals surface area contributed by atoms with E-state index in [9.17, 15) is 13.2 Å². The molecule has 1 unspecified atom stereocenters. The number of allylic oxidation sites excluding steroid dienone is 1. The highest BCUT2D eigenvalue weighted by atomic mass is 79.9. The van der Waals surface area contributed by atoms with Crippen LogP contribution >= 0.6 is 85.5 Å². The van der Waals surface area contributed by atoms with Gasteiger partial charge in [-0.05, 0) is 43.3 Å². The zero-order chi connectivity index (χ0) is 24.1. The summed E-state index contributed by atoms with van der Waals surface area (Å²) in [6.45, 7) is 1.80. The second kappa shape index (κ2) is 9.10. The van der Waals surface area contributed by atoms with Crippen molar-refractivity contribution in [3.8, 4) is 0 Å². The second-order valence-corrected chi connectivity index (χ2v) is 12.9. The van der Waals surface area contributed by atoms with E-state index in [1.165, 1.54) is 12.1 Å². The SMILES string of the molecule is Cc1ccc(S(=O)(=O)NC2(Nc3ccc(Br)cc3)C(Cl)=C(Cl)C(=O)C(Cl)(Cl)C2(Cl)Cl)cc1. The van der Waals surface area contributed by atoms with E-state index in [4.69, 9.17) is 69.6 Å². The molecule has 0 amide bonds. The molecule has 2 aromatic carbocycles. The van der Waals surface area contributed by atoms with Gasteiger partial charge < -0.3 is 5.32 Å². The molecule has 0 aromatic heterocycles. The van der Waals surface area contributed by atoms with Gasteiger partial charge in [0.05, 0.1) is 9.93 Å². The van der Waals surface area contributed by atoms with Crippen molar-refractivity contribution in [3.63, 3.8) is 0 Å². The molecule has 32 heavy (non-hydrogen) atoms. The fraction of sp³-hybridized carbons (Fsp3) is 0.211. The van der Waals surface area contributed by atoms with Crippen molar-refractivity contribution in [2.75, 3.05) is 5.32 Å². The molecule has 0 saturated heterocycles. The zero-order valence-electron chi connectivity index (χ0n) is 15.9. The number of halogens is 7. The van der Waals surface area contributed by atoms with Crippen molar-refractivity contribution in [1.82, 2.24) is 4.72 Å². The smallest absolute Gasteiger partial charge is 0.242 e. The number of aryl methyl sites for hydroxylation is 1. The molecule has 0 heterocycles. The maximum absolute atomic E-state index is 13.3. The Morgan fingerprint density at radius 3 is 1.97 bits per heavy atom. The van der Waals surface area contributed by atoms with E-state index in [1.54, 1.807) is 43.3 Å². The molecule has 2 N–H and O–H groups in total. The molecule has 0 bridgehead atoms. The van der Waals surface area contributed by atoms with Crippen LogP contribution in [0.2, 0.25) is 0 Å². The van der Waals surface area contributed by atoms with Gasteiger partial charge in [0.1, 0.15) is 5.03 Å². The van der Waals surface area contributed by atoms with Gasteiger partial charge in [-0.1, -0.05) is 103 Å². The molecular weight excluding hydrogens is 629 g/mol. The van der Waals surface area contributed by atoms with E-state index in [0.717, 1.165) is 10.0 Å². The molecule has 1 aliphatic carbocycles. The van der Waals surface area contributed by atoms with Crippen LogP contribution in [0.25, 0.3) is 0 Å². The van der Waals surface area contributed by atoms with E-state index in [2.05, 4.69) is 26.0 Å². The van der Waals surface area contributed by atoms with E-state index in [0.29, 0.717) is 5.69 Å². The number of nitrogens with one attached hydrogen (secondary N) is 2. The Labute approximate surface area is 223 Å². The van der Waals surface area contributed by atoms with Crippen molar-refractivity contribution >= 4 is 107 Å². The molecule has 3 rings (SSSR count). The van der Waals surface area contributed by atoms with Crippen LogP contribution in [-0.2, 0) is 14.8 Å². The first kappa shape index (κ1) is 26.4. The molecule has 1 atom stereocenters. The fourth-order valence-corrected chi connectivity index (χ4v) is 6.49. The molecule has 0 aliphatic heterocycles. The number of Topliss-reactive ketones (excluding diaryl/α,β-unsaturated/α-hetero) is 1. The second-order valence-electron chi connectivity index (χ2n) is 6.91. The normalized spacial score (nSPS) is 22.7. The van der Waals surface area contributed by atoms with Crippen LogP contribution in [0.4, 0.5) is 5.69 Å². The van der Waals surface area contributed by atoms with Crippen molar-refractivity contribution in [2.24, 2.45) is 0 Å². The lowest BCUT2D eigenvalue weighted by molar-refractivity contribution is -0.116. The van der Waals surface area contributed by atoms with E-state index >= 15 is 0 Å². The number of anilines is 1. The van der Waals surface area contributed by atoms with Crippen molar-refractivity contribution in [1.29, 1.82) is 0 Å². The Bertz CT molecular complexity index is 1200. The van der Waals surface area contributed by atoms with E-state index in [-0.39, 0.29) is 4.90 Å². The van der Waals surface area contributed by atoms with Gasteiger partial charge in [-0.3, -0.25) is 4.79 Å². The fourth-order valence-electron chi connectivity index (χ4n) is 2.91. The molecule has 13 heteroatoms. The Kier molecular flexibility index (Phi) is 7.50. The molecule has 1 aliphatic rings. The molecule has 172 valence electrons. The highest BCUT2D eigenvalue weighted by Gasteiger charge is 2.71. The number of alkyl halides is 4. The van der Waals surface area contributed by atoms with Crippen molar-refractivity contribution in [2.45, 2.75) is 26.1 Å². The molecule has 5 nitrogen and oxygen atoms in total. The molecule has 0 radical (unpaired) electrons. The molecular formula is C19H13BrCl6N2O3S. The predicted molar refractivity (Wildman–Crippen MR) is 135 cm³/mol. The number of ketones is 1. The summed E-state index contributed by atoms with van der Waals surface area (Å²) < 4.78 is 24.6. The van der Waals surface area contributed by atoms with Crippen LogP contribution < -0.4 is 10.0 Å². The summed E-state index contributed by atoms with van der Waals surface area (Å²) >= 11 is 41.4. The third kappa shape index (κ3) is 4.41. The van der Waals surface area contributed by atoms with Crippen LogP contribution in [-0.4, -0.2) is 28.5 Å². The standard InChI is InChI=1S/C19H13BrCl6N2O3S/c1-10-2-8-13(9-3-10)32(30,31)28-18(27-12-6-4-11(20)5-7-12)15(22)14(21)16(29)17(23,24)19(18,25)26/h2-9,27-28H,1H3. The number of carbonyl (C=O) groups excluding carboxylic acids is 1. The highest BCUT2D eigenvalue weighted by Crippen LogP contribution is 2.58. The van der Waals surface area contributed by atoms with Gasteiger partial charge in [0.15, 0.2) is 5.66 Å². The summed E-state index contributed by atoms with van der Waals surface area (Å²) in [5.74, 6) is -1.08. The van der Waals surface area contributed by atoms with Gasteiger partial charge >= 0.3 is 0 Å². The maximum Gasteiger partial charge on any atom is 0.242 e. The van der Waals surface area contributed by atoms with Gasteiger partial charge in [0.25, 0.3) is 0 Å². The number of benzene rings is 2. The summed E-state index contributed by atoms with van der Waals surface area (Å²) in [6, 6.07) is 12.4. The summed E-state index contributed by atoms with van der Waals surface area (Å²) in [7, 11) is -4.35. The topological polar surface area (TPSA) is 75.3 Å². The number of carbonyl (C=O) groups is 1. The lowest BCUT2D eigenvalue weighted by atomic mass is 9.92. The largest absolute Gasteiger partial charge is 0.359 e. The van der Waals surface area contributed by atoms with Crippen LogP contribution in [0.15, 0.2) is 68.0 Å². The minimum atomic E-state index is -4.35. The average Bonchev–Trinajstić information content (AvgIpc) is 2.72. The Morgan fingerprint density at radius 1 is 0.906 bits per heavy atom. The minimum Gasteiger partial charge on any atom is -0.359 e. The minimum absolute atomic E-state index is 0.128. The maximum atomic E-state index is 13.3. The Hall–Kier alpha value is -0.220. The molecule has 0 fully saturated rings. The third-order valence-electron chi connectivity index (χ3n) is 4.67. The number of hydrogen-bond acceptors (Lipinski definition) is 4. The summed E-state index contributed by atoms with van der Waals surface area (Å²) in [5, 5.41) is 1.66. The quantitative estimate of drug-likeness (QED) is 0.290.